The average Bonchev–Trinajstić information content (AvgIpc) is 2.72. The maximum absolute atomic E-state index is 10.6. The first-order valence-corrected chi connectivity index (χ1v) is 4.75. The lowest BCUT2D eigenvalue weighted by atomic mass is 10.1. The number of hydrogen-bond donors (Lipinski definition) is 0. The van der Waals surface area contributed by atoms with Gasteiger partial charge in [0.25, 0.3) is 0 Å². The molecule has 1 heterocycles. The Morgan fingerprint density at radius 2 is 1.87 bits per heavy atom. The molecule has 3 aromatic rings. The van der Waals surface area contributed by atoms with Gasteiger partial charge in [0.15, 0.2) is 12.0 Å². The second-order valence-electron chi connectivity index (χ2n) is 3.47. The molecule has 0 aliphatic carbocycles. The van der Waals surface area contributed by atoms with Gasteiger partial charge in [0.2, 0.25) is 0 Å². The molecule has 3 rings (SSSR count). The predicted octanol–water partition coefficient (Wildman–Crippen LogP) is 3.40. The molecule has 0 atom stereocenters. The Morgan fingerprint density at radius 1 is 1.00 bits per heavy atom. The molecule has 2 heteroatoms. The normalized spacial score (nSPS) is 10.9. The van der Waals surface area contributed by atoms with Crippen LogP contribution in [0.5, 0.6) is 0 Å². The van der Waals surface area contributed by atoms with Crippen LogP contribution in [0.4, 0.5) is 0 Å². The third kappa shape index (κ3) is 1.15. The van der Waals surface area contributed by atoms with E-state index in [-0.39, 0.29) is 0 Å². The lowest BCUT2D eigenvalue weighted by molar-refractivity contribution is 0.110. The summed E-state index contributed by atoms with van der Waals surface area (Å²) in [6, 6.07) is 13.7. The van der Waals surface area contributed by atoms with Crippen LogP contribution in [-0.2, 0) is 0 Å². The molecule has 0 saturated carbocycles. The second kappa shape index (κ2) is 2.95. The monoisotopic (exact) mass is 196 g/mol. The summed E-state index contributed by atoms with van der Waals surface area (Å²) in [6.45, 7) is 0. The summed E-state index contributed by atoms with van der Waals surface area (Å²) in [6.07, 6.45) is 0.731. The van der Waals surface area contributed by atoms with E-state index in [1.54, 1.807) is 6.07 Å². The Balaban J connectivity index is 2.52. The van der Waals surface area contributed by atoms with Gasteiger partial charge in [0.1, 0.15) is 5.58 Å². The Kier molecular flexibility index (Phi) is 1.62. The van der Waals surface area contributed by atoms with Gasteiger partial charge in [0.05, 0.1) is 0 Å². The highest BCUT2D eigenvalue weighted by Crippen LogP contribution is 2.27. The molecule has 2 aromatic carbocycles. The zero-order valence-electron chi connectivity index (χ0n) is 7.94. The van der Waals surface area contributed by atoms with Crippen molar-refractivity contribution in [1.82, 2.24) is 0 Å². The minimum absolute atomic E-state index is 0.376. The lowest BCUT2D eigenvalue weighted by Crippen LogP contribution is -1.71. The topological polar surface area (TPSA) is 30.2 Å². The smallest absolute Gasteiger partial charge is 0.185 e. The Labute approximate surface area is 86.1 Å². The van der Waals surface area contributed by atoms with Crippen LogP contribution < -0.4 is 0 Å². The maximum Gasteiger partial charge on any atom is 0.185 e. The van der Waals surface area contributed by atoms with Crippen LogP contribution in [0.25, 0.3) is 21.7 Å². The van der Waals surface area contributed by atoms with Gasteiger partial charge in [0, 0.05) is 5.39 Å². The summed E-state index contributed by atoms with van der Waals surface area (Å²) >= 11 is 0. The van der Waals surface area contributed by atoms with Crippen LogP contribution in [0.1, 0.15) is 10.6 Å². The van der Waals surface area contributed by atoms with Gasteiger partial charge in [-0.3, -0.25) is 4.79 Å². The highest BCUT2D eigenvalue weighted by Gasteiger charge is 2.05. The van der Waals surface area contributed by atoms with Crippen molar-refractivity contribution in [2.75, 3.05) is 0 Å². The van der Waals surface area contributed by atoms with Crippen molar-refractivity contribution < 1.29 is 9.21 Å². The quantitative estimate of drug-likeness (QED) is 0.558. The fourth-order valence-electron chi connectivity index (χ4n) is 1.87. The van der Waals surface area contributed by atoms with Crippen LogP contribution in [0.15, 0.2) is 46.9 Å². The van der Waals surface area contributed by atoms with E-state index >= 15 is 0 Å². The van der Waals surface area contributed by atoms with E-state index in [9.17, 15) is 4.79 Å². The average molecular weight is 196 g/mol. The van der Waals surface area contributed by atoms with Gasteiger partial charge >= 0.3 is 0 Å². The van der Waals surface area contributed by atoms with Crippen LogP contribution >= 0.6 is 0 Å². The van der Waals surface area contributed by atoms with Crippen molar-refractivity contribution in [1.29, 1.82) is 0 Å². The maximum atomic E-state index is 10.6. The van der Waals surface area contributed by atoms with Gasteiger partial charge in [-0.1, -0.05) is 30.3 Å². The van der Waals surface area contributed by atoms with Gasteiger partial charge < -0.3 is 4.42 Å². The van der Waals surface area contributed by atoms with E-state index < -0.39 is 0 Å². The highest BCUT2D eigenvalue weighted by atomic mass is 16.3. The first-order chi connectivity index (χ1) is 7.38. The summed E-state index contributed by atoms with van der Waals surface area (Å²) in [5, 5.41) is 3.27. The molecule has 0 aliphatic heterocycles. The molecular formula is C13H8O2. The number of carbonyl (C=O) groups is 1. The Hall–Kier alpha value is -2.09. The number of benzene rings is 2. The summed E-state index contributed by atoms with van der Waals surface area (Å²) in [5.74, 6) is 0.376. The fourth-order valence-corrected chi connectivity index (χ4v) is 1.87. The van der Waals surface area contributed by atoms with E-state index in [4.69, 9.17) is 4.42 Å². The largest absolute Gasteiger partial charge is 0.453 e. The summed E-state index contributed by atoms with van der Waals surface area (Å²) in [4.78, 5) is 10.6. The van der Waals surface area contributed by atoms with Crippen LogP contribution in [0.2, 0.25) is 0 Å². The molecule has 2 nitrogen and oxygen atoms in total. The molecule has 0 fully saturated rings. The second-order valence-corrected chi connectivity index (χ2v) is 3.47. The number of rotatable bonds is 1. The van der Waals surface area contributed by atoms with Crippen LogP contribution in [-0.4, -0.2) is 6.29 Å². The zero-order chi connectivity index (χ0) is 10.3. The molecule has 1 aromatic heterocycles. The number of aldehydes is 1. The summed E-state index contributed by atoms with van der Waals surface area (Å²) in [7, 11) is 0. The zero-order valence-corrected chi connectivity index (χ0v) is 7.94. The van der Waals surface area contributed by atoms with E-state index in [0.717, 1.165) is 28.0 Å². The SMILES string of the molecule is O=Cc1cc2c(ccc3ccccc32)o1. The molecular weight excluding hydrogens is 188 g/mol. The van der Waals surface area contributed by atoms with Gasteiger partial charge in [-0.15, -0.1) is 0 Å². The summed E-state index contributed by atoms with van der Waals surface area (Å²) in [5.41, 5.74) is 0.760. The molecule has 0 spiro atoms. The van der Waals surface area contributed by atoms with E-state index in [1.165, 1.54) is 0 Å². The first-order valence-electron chi connectivity index (χ1n) is 4.75. The van der Waals surface area contributed by atoms with Gasteiger partial charge in [-0.2, -0.15) is 0 Å². The predicted molar refractivity (Wildman–Crippen MR) is 59.1 cm³/mol. The van der Waals surface area contributed by atoms with Crippen molar-refractivity contribution in [3.8, 4) is 0 Å². The molecule has 0 N–H and O–H groups in total. The molecule has 72 valence electrons. The highest BCUT2D eigenvalue weighted by molar-refractivity contribution is 6.06. The molecule has 0 bridgehead atoms. The van der Waals surface area contributed by atoms with Crippen LogP contribution in [0.3, 0.4) is 0 Å². The number of hydrogen-bond acceptors (Lipinski definition) is 2. The van der Waals surface area contributed by atoms with Crippen molar-refractivity contribution >= 4 is 28.0 Å². The van der Waals surface area contributed by atoms with Crippen molar-refractivity contribution in [3.63, 3.8) is 0 Å². The first kappa shape index (κ1) is 8.24. The minimum atomic E-state index is 0.376. The van der Waals surface area contributed by atoms with Gasteiger partial charge in [-0.05, 0) is 22.9 Å². The Bertz CT molecular complexity index is 650. The molecule has 15 heavy (non-hydrogen) atoms. The number of carbonyl (C=O) groups excluding carboxylic acids is 1. The summed E-state index contributed by atoms with van der Waals surface area (Å²) < 4.78 is 5.36. The van der Waals surface area contributed by atoms with Crippen molar-refractivity contribution in [2.24, 2.45) is 0 Å². The van der Waals surface area contributed by atoms with Gasteiger partial charge in [-0.25, -0.2) is 0 Å². The van der Waals surface area contributed by atoms with Crippen LogP contribution in [0, 0.1) is 0 Å². The fraction of sp³-hybridized carbons (Fsp3) is 0. The van der Waals surface area contributed by atoms with E-state index in [0.29, 0.717) is 5.76 Å². The van der Waals surface area contributed by atoms with Crippen molar-refractivity contribution in [2.45, 2.75) is 0 Å². The molecule has 0 saturated heterocycles. The molecule has 0 aliphatic rings. The van der Waals surface area contributed by atoms with E-state index in [1.807, 2.05) is 36.4 Å². The Morgan fingerprint density at radius 3 is 2.73 bits per heavy atom. The lowest BCUT2D eigenvalue weighted by Gasteiger charge is -1.96. The third-order valence-corrected chi connectivity index (χ3v) is 2.56. The number of fused-ring (bicyclic) bond motifs is 3. The number of furan rings is 1. The van der Waals surface area contributed by atoms with E-state index in [2.05, 4.69) is 0 Å². The molecule has 0 radical (unpaired) electrons. The molecule has 0 unspecified atom stereocenters. The van der Waals surface area contributed by atoms with Crippen molar-refractivity contribution in [3.05, 3.63) is 48.2 Å². The standard InChI is InChI=1S/C13H8O2/c14-8-10-7-12-11-4-2-1-3-9(11)5-6-13(12)15-10/h1-8H. The third-order valence-electron chi connectivity index (χ3n) is 2.56. The minimum Gasteiger partial charge on any atom is -0.453 e. The molecule has 0 amide bonds.